The summed E-state index contributed by atoms with van der Waals surface area (Å²) in [5, 5.41) is 10.3. The van der Waals surface area contributed by atoms with Gasteiger partial charge in [-0.2, -0.15) is 15.2 Å². The summed E-state index contributed by atoms with van der Waals surface area (Å²) in [6.07, 6.45) is 5.28. The van der Waals surface area contributed by atoms with Gasteiger partial charge in [0, 0.05) is 42.6 Å². The molecule has 0 radical (unpaired) electrons. The maximum atomic E-state index is 16.8. The highest BCUT2D eigenvalue weighted by Gasteiger charge is 2.49. The minimum absolute atomic E-state index is 0.00398. The molecule has 0 saturated carbocycles. The molecule has 4 aromatic rings. The molecule has 8 rings (SSSR count). The van der Waals surface area contributed by atoms with Crippen molar-refractivity contribution >= 4 is 55.0 Å². The second-order valence-electron chi connectivity index (χ2n) is 12.3. The molecule has 6 heterocycles. The average Bonchev–Trinajstić information content (AvgIpc) is 3.72. The van der Waals surface area contributed by atoms with Gasteiger partial charge < -0.3 is 20.3 Å². The van der Waals surface area contributed by atoms with E-state index in [9.17, 15) is 14.0 Å². The predicted octanol–water partition coefficient (Wildman–Crippen LogP) is 5.51. The lowest BCUT2D eigenvalue weighted by Gasteiger charge is -2.39. The number of benzene rings is 2. The van der Waals surface area contributed by atoms with Crippen molar-refractivity contribution in [3.63, 3.8) is 0 Å². The fourth-order valence-corrected chi connectivity index (χ4v) is 8.85. The lowest BCUT2D eigenvalue weighted by atomic mass is 9.95. The van der Waals surface area contributed by atoms with Gasteiger partial charge in [0.05, 0.1) is 32.9 Å². The third kappa shape index (κ3) is 4.25. The van der Waals surface area contributed by atoms with Crippen LogP contribution in [0.1, 0.15) is 32.1 Å². The summed E-state index contributed by atoms with van der Waals surface area (Å²) >= 11 is 7.77. The van der Waals surface area contributed by atoms with Gasteiger partial charge in [0.15, 0.2) is 17.1 Å². The van der Waals surface area contributed by atoms with E-state index in [1.807, 2.05) is 9.80 Å². The Bertz CT molecular complexity index is 1850. The lowest BCUT2D eigenvalue weighted by molar-refractivity contribution is 0.107. The first kappa shape index (κ1) is 27.9. The van der Waals surface area contributed by atoms with Crippen LogP contribution in [0.5, 0.6) is 6.01 Å². The van der Waals surface area contributed by atoms with Gasteiger partial charge in [-0.05, 0) is 50.4 Å². The zero-order chi connectivity index (χ0) is 30.3. The number of hydrogen-bond acceptors (Lipinski definition) is 10. The van der Waals surface area contributed by atoms with Gasteiger partial charge >= 0.3 is 6.01 Å². The van der Waals surface area contributed by atoms with Gasteiger partial charge in [-0.15, -0.1) is 0 Å². The zero-order valence-electron chi connectivity index (χ0n) is 23.6. The monoisotopic (exact) mass is 640 g/mol. The Labute approximate surface area is 260 Å². The van der Waals surface area contributed by atoms with Crippen LogP contribution >= 0.6 is 22.9 Å². The van der Waals surface area contributed by atoms with Crippen molar-refractivity contribution in [1.82, 2.24) is 24.8 Å². The standard InChI is InChI=1S/C30H28ClF3N8OS/c31-20-8-19-24(23(34)22(20)18-4-5-21(33)26-25(18)37-28(36)44-26)38-29(43-13-30-6-1-7-41(30)10-15(32)9-30)39-27(19)40-11-16-2-3-17(12-40)42(16)14-35/h4-5,8,15-17H,1-3,6-7,9-13H2,(H2,36,37)/t15-,16?,17?,30+/m1/s1. The normalized spacial score (nSPS) is 26.6. The van der Waals surface area contributed by atoms with E-state index in [0.717, 1.165) is 43.6 Å². The summed E-state index contributed by atoms with van der Waals surface area (Å²) in [4.78, 5) is 19.6. The fourth-order valence-electron chi connectivity index (χ4n) is 7.79. The molecule has 2 unspecified atom stereocenters. The van der Waals surface area contributed by atoms with Crippen LogP contribution < -0.4 is 15.4 Å². The first-order valence-corrected chi connectivity index (χ1v) is 15.9. The summed E-state index contributed by atoms with van der Waals surface area (Å²) in [5.74, 6) is -0.765. The smallest absolute Gasteiger partial charge is 0.319 e. The number of nitriles is 1. The highest BCUT2D eigenvalue weighted by Crippen LogP contribution is 2.44. The number of anilines is 2. The third-order valence-electron chi connectivity index (χ3n) is 9.75. The van der Waals surface area contributed by atoms with E-state index in [-0.39, 0.29) is 56.2 Å². The minimum Gasteiger partial charge on any atom is -0.461 e. The molecule has 14 heteroatoms. The molecular formula is C30H28ClF3N8OS. The van der Waals surface area contributed by atoms with Gasteiger partial charge in [-0.25, -0.2) is 18.2 Å². The summed E-state index contributed by atoms with van der Waals surface area (Å²) < 4.78 is 52.2. The number of alkyl halides is 1. The number of rotatable bonds is 5. The van der Waals surface area contributed by atoms with Crippen molar-refractivity contribution in [2.75, 3.05) is 43.4 Å². The van der Waals surface area contributed by atoms with Crippen LogP contribution in [0.15, 0.2) is 18.2 Å². The van der Waals surface area contributed by atoms with Gasteiger partial charge in [0.25, 0.3) is 0 Å². The number of piperazine rings is 1. The second-order valence-corrected chi connectivity index (χ2v) is 13.7. The summed E-state index contributed by atoms with van der Waals surface area (Å²) in [6, 6.07) is 4.32. The Hall–Kier alpha value is -3.60. The first-order chi connectivity index (χ1) is 21.2. The van der Waals surface area contributed by atoms with Crippen molar-refractivity contribution in [3.8, 4) is 23.3 Å². The molecule has 4 aliphatic heterocycles. The SMILES string of the molecule is N#CN1C2CCC1CN(c1nc(OC[C@@]34CCCN3C[C@H](F)C4)nc3c(F)c(-c4ccc(F)c5sc(N)nc45)c(Cl)cc13)C2. The van der Waals surface area contributed by atoms with Crippen LogP contribution in [0.2, 0.25) is 5.02 Å². The largest absolute Gasteiger partial charge is 0.461 e. The molecule has 4 saturated heterocycles. The molecule has 9 nitrogen and oxygen atoms in total. The first-order valence-electron chi connectivity index (χ1n) is 14.7. The third-order valence-corrected chi connectivity index (χ3v) is 10.9. The Balaban J connectivity index is 1.26. The summed E-state index contributed by atoms with van der Waals surface area (Å²) in [5.41, 5.74) is 5.98. The van der Waals surface area contributed by atoms with Crippen molar-refractivity contribution in [3.05, 3.63) is 34.9 Å². The molecule has 2 aromatic heterocycles. The second kappa shape index (κ2) is 10.2. The van der Waals surface area contributed by atoms with Crippen LogP contribution in [-0.2, 0) is 0 Å². The lowest BCUT2D eigenvalue weighted by Crippen LogP contribution is -2.52. The number of hydrogen-bond donors (Lipinski definition) is 1. The molecule has 0 aliphatic carbocycles. The Kier molecular flexibility index (Phi) is 6.48. The summed E-state index contributed by atoms with van der Waals surface area (Å²) in [6.45, 7) is 2.42. The van der Waals surface area contributed by atoms with Crippen LogP contribution in [0.4, 0.5) is 24.1 Å². The number of nitrogen functional groups attached to an aromatic ring is 1. The van der Waals surface area contributed by atoms with E-state index >= 15 is 4.39 Å². The molecule has 2 bridgehead atoms. The van der Waals surface area contributed by atoms with E-state index in [4.69, 9.17) is 27.1 Å². The number of nitrogens with zero attached hydrogens (tertiary/aromatic N) is 7. The molecule has 4 aliphatic rings. The average molecular weight is 641 g/mol. The van der Waals surface area contributed by atoms with E-state index in [1.165, 1.54) is 12.1 Å². The van der Waals surface area contributed by atoms with E-state index in [0.29, 0.717) is 42.8 Å². The summed E-state index contributed by atoms with van der Waals surface area (Å²) in [7, 11) is 0. The maximum absolute atomic E-state index is 16.8. The number of aromatic nitrogens is 3. The van der Waals surface area contributed by atoms with Gasteiger partial charge in [0.1, 0.15) is 29.9 Å². The van der Waals surface area contributed by atoms with Crippen molar-refractivity contribution < 1.29 is 17.9 Å². The highest BCUT2D eigenvalue weighted by molar-refractivity contribution is 7.22. The zero-order valence-corrected chi connectivity index (χ0v) is 25.1. The predicted molar refractivity (Wildman–Crippen MR) is 163 cm³/mol. The Morgan fingerprint density at radius 3 is 2.70 bits per heavy atom. The molecule has 4 fully saturated rings. The fraction of sp³-hybridized carbons (Fsp3) is 0.467. The van der Waals surface area contributed by atoms with Gasteiger partial charge in [0.2, 0.25) is 0 Å². The molecule has 4 atom stereocenters. The minimum atomic E-state index is -0.923. The highest BCUT2D eigenvalue weighted by atomic mass is 35.5. The van der Waals surface area contributed by atoms with E-state index in [1.54, 1.807) is 6.07 Å². The Morgan fingerprint density at radius 1 is 1.14 bits per heavy atom. The molecule has 44 heavy (non-hydrogen) atoms. The quantitative estimate of drug-likeness (QED) is 0.283. The van der Waals surface area contributed by atoms with Crippen LogP contribution in [0.3, 0.4) is 0 Å². The van der Waals surface area contributed by atoms with Crippen LogP contribution in [0.25, 0.3) is 32.2 Å². The van der Waals surface area contributed by atoms with Crippen molar-refractivity contribution in [2.45, 2.75) is 55.9 Å². The maximum Gasteiger partial charge on any atom is 0.319 e. The topological polar surface area (TPSA) is 107 Å². The van der Waals surface area contributed by atoms with Gasteiger partial charge in [-0.3, -0.25) is 4.90 Å². The number of fused-ring (bicyclic) bond motifs is 5. The molecule has 228 valence electrons. The number of halogens is 4. The van der Waals surface area contributed by atoms with Crippen molar-refractivity contribution in [2.24, 2.45) is 0 Å². The number of thiazole rings is 1. The van der Waals surface area contributed by atoms with Crippen molar-refractivity contribution in [1.29, 1.82) is 5.26 Å². The molecule has 2 aromatic carbocycles. The molecular weight excluding hydrogens is 613 g/mol. The Morgan fingerprint density at radius 2 is 1.93 bits per heavy atom. The molecule has 0 amide bonds. The van der Waals surface area contributed by atoms with Crippen LogP contribution in [-0.4, -0.2) is 81.3 Å². The number of ether oxygens (including phenoxy) is 1. The molecule has 0 spiro atoms. The number of nitrogens with two attached hydrogens (primary N) is 1. The van der Waals surface area contributed by atoms with Gasteiger partial charge in [-0.1, -0.05) is 22.9 Å². The van der Waals surface area contributed by atoms with E-state index in [2.05, 4.69) is 21.1 Å². The van der Waals surface area contributed by atoms with Crippen LogP contribution in [0, 0.1) is 23.1 Å². The molecule has 2 N–H and O–H groups in total. The van der Waals surface area contributed by atoms with E-state index < -0.39 is 23.3 Å².